The highest BCUT2D eigenvalue weighted by molar-refractivity contribution is 9.10. The van der Waals surface area contributed by atoms with E-state index in [-0.39, 0.29) is 0 Å². The number of nitrogens with zero attached hydrogens (tertiary/aromatic N) is 2. The fraction of sp³-hybridized carbons (Fsp3) is 0. The van der Waals surface area contributed by atoms with E-state index in [1.165, 1.54) is 0 Å². The summed E-state index contributed by atoms with van der Waals surface area (Å²) in [4.78, 5) is 4.03. The average molecular weight is 338 g/mol. The summed E-state index contributed by atoms with van der Waals surface area (Å²) < 4.78 is 6.20. The van der Waals surface area contributed by atoms with E-state index in [1.54, 1.807) is 6.07 Å². The van der Waals surface area contributed by atoms with Gasteiger partial charge in [0.1, 0.15) is 0 Å². The highest BCUT2D eigenvalue weighted by Crippen LogP contribution is 2.28. The van der Waals surface area contributed by atoms with Crippen molar-refractivity contribution in [3.63, 3.8) is 0 Å². The maximum atomic E-state index is 5.85. The first-order valence-corrected chi connectivity index (χ1v) is 5.58. The predicted molar refractivity (Wildman–Crippen MR) is 60.1 cm³/mol. The number of halogens is 3. The smallest absolute Gasteiger partial charge is 0.258 e. The lowest BCUT2D eigenvalue weighted by Gasteiger charge is -1.97. The van der Waals surface area contributed by atoms with Crippen LogP contribution in [0.15, 0.2) is 31.9 Å². The Balaban J connectivity index is 2.47. The molecule has 0 spiro atoms. The molecule has 0 unspecified atom stereocenters. The van der Waals surface area contributed by atoms with E-state index in [0.29, 0.717) is 15.6 Å². The molecule has 6 heteroatoms. The summed E-state index contributed by atoms with van der Waals surface area (Å²) in [7, 11) is 0. The third-order valence-electron chi connectivity index (χ3n) is 1.57. The van der Waals surface area contributed by atoms with Gasteiger partial charge in [0, 0.05) is 10.0 Å². The Labute approximate surface area is 102 Å². The highest BCUT2D eigenvalue weighted by atomic mass is 79.9. The van der Waals surface area contributed by atoms with Crippen molar-refractivity contribution in [3.05, 3.63) is 32.4 Å². The van der Waals surface area contributed by atoms with Crippen LogP contribution in [0.2, 0.25) is 5.02 Å². The summed E-state index contributed by atoms with van der Waals surface area (Å²) in [6.45, 7) is 0. The third-order valence-corrected chi connectivity index (χ3v) is 3.10. The third kappa shape index (κ3) is 1.99. The van der Waals surface area contributed by atoms with Crippen LogP contribution < -0.4 is 0 Å². The van der Waals surface area contributed by atoms with Crippen LogP contribution in [0.3, 0.4) is 0 Å². The van der Waals surface area contributed by atoms with E-state index >= 15 is 0 Å². The van der Waals surface area contributed by atoms with Gasteiger partial charge in [-0.3, -0.25) is 0 Å². The monoisotopic (exact) mass is 336 g/mol. The van der Waals surface area contributed by atoms with E-state index in [9.17, 15) is 0 Å². The van der Waals surface area contributed by atoms with Crippen LogP contribution in [0.1, 0.15) is 0 Å². The second-order valence-electron chi connectivity index (χ2n) is 2.50. The number of benzene rings is 1. The van der Waals surface area contributed by atoms with E-state index in [4.69, 9.17) is 16.1 Å². The second kappa shape index (κ2) is 4.00. The van der Waals surface area contributed by atoms with Crippen molar-refractivity contribution in [2.75, 3.05) is 0 Å². The normalized spacial score (nSPS) is 10.5. The molecule has 2 rings (SSSR count). The van der Waals surface area contributed by atoms with E-state index < -0.39 is 0 Å². The predicted octanol–water partition coefficient (Wildman–Crippen LogP) is 3.92. The van der Waals surface area contributed by atoms with E-state index in [1.807, 2.05) is 12.1 Å². The fourth-order valence-electron chi connectivity index (χ4n) is 0.952. The molecule has 1 heterocycles. The lowest BCUT2D eigenvalue weighted by atomic mass is 10.2. The van der Waals surface area contributed by atoms with Gasteiger partial charge in [0.15, 0.2) is 0 Å². The Bertz CT molecular complexity index is 472. The van der Waals surface area contributed by atoms with Crippen molar-refractivity contribution in [1.29, 1.82) is 0 Å². The van der Waals surface area contributed by atoms with Crippen molar-refractivity contribution in [3.8, 4) is 11.5 Å². The van der Waals surface area contributed by atoms with Gasteiger partial charge in [-0.1, -0.05) is 11.6 Å². The topological polar surface area (TPSA) is 38.9 Å². The minimum absolute atomic E-state index is 0.429. The Morgan fingerprint density at radius 1 is 1.29 bits per heavy atom. The van der Waals surface area contributed by atoms with E-state index in [2.05, 4.69) is 42.0 Å². The number of rotatable bonds is 1. The second-order valence-corrected chi connectivity index (χ2v) is 4.47. The Morgan fingerprint density at radius 3 is 2.64 bits per heavy atom. The number of hydrogen-bond donors (Lipinski definition) is 0. The molecule has 1 aromatic carbocycles. The zero-order chi connectivity index (χ0) is 10.1. The molecule has 0 amide bonds. The molecule has 0 aliphatic heterocycles. The van der Waals surface area contributed by atoms with Gasteiger partial charge in [-0.05, 0) is 55.2 Å². The van der Waals surface area contributed by atoms with Gasteiger partial charge in [0.05, 0.1) is 5.02 Å². The van der Waals surface area contributed by atoms with Gasteiger partial charge in [-0.25, -0.2) is 0 Å². The molecule has 0 atom stereocenters. The molecular formula is C8H3Br2ClN2O. The fourth-order valence-corrected chi connectivity index (χ4v) is 1.68. The van der Waals surface area contributed by atoms with Crippen LogP contribution in [0.5, 0.6) is 0 Å². The largest absolute Gasteiger partial charge is 0.333 e. The maximum Gasteiger partial charge on any atom is 0.258 e. The molecular weight excluding hydrogens is 335 g/mol. The van der Waals surface area contributed by atoms with Crippen molar-refractivity contribution >= 4 is 43.5 Å². The van der Waals surface area contributed by atoms with Crippen LogP contribution in [0, 0.1) is 0 Å². The molecule has 0 N–H and O–H groups in total. The Kier molecular flexibility index (Phi) is 2.90. The van der Waals surface area contributed by atoms with Crippen molar-refractivity contribution in [2.24, 2.45) is 0 Å². The first kappa shape index (κ1) is 10.1. The Hall–Kier alpha value is -0.390. The average Bonchev–Trinajstić information content (AvgIpc) is 2.57. The van der Waals surface area contributed by atoms with Crippen LogP contribution in [-0.2, 0) is 0 Å². The molecule has 0 saturated heterocycles. The van der Waals surface area contributed by atoms with Crippen molar-refractivity contribution < 1.29 is 4.52 Å². The zero-order valence-corrected chi connectivity index (χ0v) is 10.6. The zero-order valence-electron chi connectivity index (χ0n) is 6.67. The molecule has 0 saturated carbocycles. The first-order valence-electron chi connectivity index (χ1n) is 3.61. The van der Waals surface area contributed by atoms with Gasteiger partial charge in [0.2, 0.25) is 4.73 Å². The molecule has 14 heavy (non-hydrogen) atoms. The molecule has 0 fully saturated rings. The molecule has 0 radical (unpaired) electrons. The first-order chi connectivity index (χ1) is 6.66. The van der Waals surface area contributed by atoms with Crippen LogP contribution >= 0.6 is 43.5 Å². The minimum atomic E-state index is 0.429. The Morgan fingerprint density at radius 2 is 2.07 bits per heavy atom. The molecule has 72 valence electrons. The maximum absolute atomic E-state index is 5.85. The lowest BCUT2D eigenvalue weighted by molar-refractivity contribution is 0.426. The molecule has 3 nitrogen and oxygen atoms in total. The van der Waals surface area contributed by atoms with Gasteiger partial charge in [0.25, 0.3) is 5.89 Å². The molecule has 0 aliphatic rings. The van der Waals surface area contributed by atoms with E-state index in [0.717, 1.165) is 10.0 Å². The number of aromatic nitrogens is 2. The molecule has 0 bridgehead atoms. The van der Waals surface area contributed by atoms with Gasteiger partial charge >= 0.3 is 0 Å². The van der Waals surface area contributed by atoms with Crippen molar-refractivity contribution in [2.45, 2.75) is 0 Å². The quantitative estimate of drug-likeness (QED) is 0.791. The lowest BCUT2D eigenvalue weighted by Crippen LogP contribution is -1.78. The van der Waals surface area contributed by atoms with Crippen LogP contribution in [0.4, 0.5) is 0 Å². The highest BCUT2D eigenvalue weighted by Gasteiger charge is 2.08. The standard InChI is InChI=1S/C8H3Br2ClN2O/c9-5-3-4(1-2-6(5)11)7-12-8(10)13-14-7/h1-3H. The van der Waals surface area contributed by atoms with Gasteiger partial charge in [-0.2, -0.15) is 4.98 Å². The van der Waals surface area contributed by atoms with Crippen LogP contribution in [-0.4, -0.2) is 10.1 Å². The van der Waals surface area contributed by atoms with Crippen molar-refractivity contribution in [1.82, 2.24) is 10.1 Å². The summed E-state index contributed by atoms with van der Waals surface area (Å²) in [5, 5.41) is 4.27. The SMILES string of the molecule is Clc1ccc(-c2nc(Br)no2)cc1Br. The summed E-state index contributed by atoms with van der Waals surface area (Å²) >= 11 is 12.3. The van der Waals surface area contributed by atoms with Crippen LogP contribution in [0.25, 0.3) is 11.5 Å². The molecule has 1 aromatic heterocycles. The summed E-state index contributed by atoms with van der Waals surface area (Å²) in [5.74, 6) is 0.453. The number of hydrogen-bond acceptors (Lipinski definition) is 3. The molecule has 0 aliphatic carbocycles. The molecule has 2 aromatic rings. The summed E-state index contributed by atoms with van der Waals surface area (Å²) in [6, 6.07) is 5.40. The minimum Gasteiger partial charge on any atom is -0.333 e. The van der Waals surface area contributed by atoms with Gasteiger partial charge in [-0.15, -0.1) is 0 Å². The van der Waals surface area contributed by atoms with Gasteiger partial charge < -0.3 is 4.52 Å². The summed E-state index contributed by atoms with van der Waals surface area (Å²) in [5.41, 5.74) is 0.819. The summed E-state index contributed by atoms with van der Waals surface area (Å²) in [6.07, 6.45) is 0.